The van der Waals surface area contributed by atoms with E-state index in [1.807, 2.05) is 12.1 Å². The molecule has 8 heteroatoms. The molecule has 0 bridgehead atoms. The van der Waals surface area contributed by atoms with Gasteiger partial charge in [-0.15, -0.1) is 30.6 Å². The number of anilines is 1. The second-order valence-electron chi connectivity index (χ2n) is 6.50. The number of aliphatic imine (C=N–C) groups is 1. The highest BCUT2D eigenvalue weighted by molar-refractivity contribution is 14.0. The Morgan fingerprint density at radius 1 is 1.33 bits per heavy atom. The minimum atomic E-state index is -0.0175. The topological polar surface area (TPSA) is 51.2 Å². The Hall–Kier alpha value is -1.48. The summed E-state index contributed by atoms with van der Waals surface area (Å²) in [6.45, 7) is 9.99. The summed E-state index contributed by atoms with van der Waals surface area (Å²) in [6, 6.07) is 5.99. The quantitative estimate of drug-likeness (QED) is 0.289. The number of guanidine groups is 1. The molecule has 0 saturated carbocycles. The maximum atomic E-state index is 11.8. The molecule has 1 aromatic rings. The average molecular weight is 506 g/mol. The number of piperazine rings is 1. The molecule has 1 N–H and O–H groups in total. The fraction of sp³-hybridized carbons (Fsp3) is 0.474. The molecule has 1 aromatic carbocycles. The summed E-state index contributed by atoms with van der Waals surface area (Å²) in [6.07, 6.45) is 1.79. The van der Waals surface area contributed by atoms with E-state index < -0.39 is 0 Å². The van der Waals surface area contributed by atoms with Crippen LogP contribution in [0.3, 0.4) is 0 Å². The molecule has 1 heterocycles. The molecule has 27 heavy (non-hydrogen) atoms. The molecule has 1 amide bonds. The first-order valence-electron chi connectivity index (χ1n) is 8.77. The fourth-order valence-corrected chi connectivity index (χ4v) is 2.96. The lowest BCUT2D eigenvalue weighted by atomic mass is 10.1. The van der Waals surface area contributed by atoms with Gasteiger partial charge in [0.1, 0.15) is 6.54 Å². The molecule has 6 nitrogen and oxygen atoms in total. The third-order valence-electron chi connectivity index (χ3n) is 4.36. The van der Waals surface area contributed by atoms with Gasteiger partial charge in [-0.1, -0.05) is 23.7 Å². The molecule has 0 radical (unpaired) electrons. The van der Waals surface area contributed by atoms with Crippen molar-refractivity contribution in [2.75, 3.05) is 58.3 Å². The summed E-state index contributed by atoms with van der Waals surface area (Å²) in [5.41, 5.74) is 2.40. The molecule has 1 aliphatic heterocycles. The van der Waals surface area contributed by atoms with Crippen LogP contribution < -0.4 is 10.2 Å². The molecule has 0 aliphatic carbocycles. The van der Waals surface area contributed by atoms with Gasteiger partial charge in [0.05, 0.1) is 0 Å². The number of amides is 1. The van der Waals surface area contributed by atoms with E-state index in [9.17, 15) is 4.79 Å². The van der Waals surface area contributed by atoms with E-state index in [-0.39, 0.29) is 36.4 Å². The van der Waals surface area contributed by atoms with Crippen LogP contribution in [0.1, 0.15) is 5.56 Å². The van der Waals surface area contributed by atoms with E-state index in [0.717, 1.165) is 37.2 Å². The molecule has 2 rings (SSSR count). The summed E-state index contributed by atoms with van der Waals surface area (Å²) in [5.74, 6) is 0.735. The number of hydrogen-bond donors (Lipinski definition) is 1. The third-order valence-corrected chi connectivity index (χ3v) is 4.59. The number of aryl methyl sites for hydroxylation is 1. The molecular weight excluding hydrogens is 477 g/mol. The number of likely N-dealkylation sites (N-methyl/N-ethyl adjacent to an activating group) is 1. The molecule has 0 unspecified atom stereocenters. The summed E-state index contributed by atoms with van der Waals surface area (Å²) < 4.78 is 0. The van der Waals surface area contributed by atoms with Crippen LogP contribution in [0.4, 0.5) is 5.69 Å². The number of nitrogens with zero attached hydrogens (tertiary/aromatic N) is 4. The second-order valence-corrected chi connectivity index (χ2v) is 6.94. The summed E-state index contributed by atoms with van der Waals surface area (Å²) in [7, 11) is 3.47. The van der Waals surface area contributed by atoms with Crippen molar-refractivity contribution in [3.05, 3.63) is 41.4 Å². The first-order chi connectivity index (χ1) is 12.4. The van der Waals surface area contributed by atoms with E-state index in [1.54, 1.807) is 25.1 Å². The average Bonchev–Trinajstić information content (AvgIpc) is 2.63. The monoisotopic (exact) mass is 505 g/mol. The van der Waals surface area contributed by atoms with Gasteiger partial charge < -0.3 is 20.0 Å². The Morgan fingerprint density at radius 3 is 2.59 bits per heavy atom. The van der Waals surface area contributed by atoms with Gasteiger partial charge in [-0.2, -0.15) is 0 Å². The van der Waals surface area contributed by atoms with Crippen LogP contribution in [-0.2, 0) is 4.79 Å². The van der Waals surface area contributed by atoms with Gasteiger partial charge in [0.25, 0.3) is 0 Å². The number of benzene rings is 1. The minimum Gasteiger partial charge on any atom is -0.368 e. The highest BCUT2D eigenvalue weighted by atomic mass is 127. The highest BCUT2D eigenvalue weighted by Gasteiger charge is 2.21. The van der Waals surface area contributed by atoms with Gasteiger partial charge in [0.2, 0.25) is 5.91 Å². The van der Waals surface area contributed by atoms with Crippen molar-refractivity contribution in [2.24, 2.45) is 4.99 Å². The number of rotatable bonds is 5. The summed E-state index contributed by atoms with van der Waals surface area (Å²) in [5, 5.41) is 4.01. The smallest absolute Gasteiger partial charge is 0.243 e. The normalized spacial score (nSPS) is 14.4. The first-order valence-corrected chi connectivity index (χ1v) is 9.15. The predicted octanol–water partition coefficient (Wildman–Crippen LogP) is 2.61. The Morgan fingerprint density at radius 2 is 2.00 bits per heavy atom. The predicted molar refractivity (Wildman–Crippen MR) is 125 cm³/mol. The highest BCUT2D eigenvalue weighted by Crippen LogP contribution is 2.25. The zero-order chi connectivity index (χ0) is 19.1. The fourth-order valence-electron chi connectivity index (χ4n) is 2.80. The van der Waals surface area contributed by atoms with Crippen molar-refractivity contribution in [3.63, 3.8) is 0 Å². The molecule has 0 atom stereocenters. The molecule has 150 valence electrons. The van der Waals surface area contributed by atoms with E-state index in [0.29, 0.717) is 6.54 Å². The number of halogens is 2. The molecular formula is C19H29ClIN5O. The van der Waals surface area contributed by atoms with Crippen LogP contribution in [0, 0.1) is 6.92 Å². The van der Waals surface area contributed by atoms with Crippen molar-refractivity contribution in [1.82, 2.24) is 15.1 Å². The SMILES string of the molecule is C=CCNC(=NCC(=O)N(C)C)N1CCN(c2cc(Cl)ccc2C)CC1.I. The molecule has 0 spiro atoms. The standard InChI is InChI=1S/C19H28ClN5O.HI/c1-5-8-21-19(22-14-18(26)23(3)4)25-11-9-24(10-12-25)17-13-16(20)7-6-15(17)2;/h5-7,13H,1,8-12,14H2,2-4H3,(H,21,22);1H. The number of carbonyl (C=O) groups is 1. The zero-order valence-corrected chi connectivity index (χ0v) is 19.3. The van der Waals surface area contributed by atoms with E-state index >= 15 is 0 Å². The Kier molecular flexibility index (Phi) is 9.93. The Balaban J connectivity index is 0.00000364. The molecule has 1 fully saturated rings. The van der Waals surface area contributed by atoms with Crippen LogP contribution in [0.5, 0.6) is 0 Å². The van der Waals surface area contributed by atoms with Crippen LogP contribution in [0.2, 0.25) is 5.02 Å². The summed E-state index contributed by atoms with van der Waals surface area (Å²) in [4.78, 5) is 22.4. The van der Waals surface area contributed by atoms with Gasteiger partial charge in [-0.25, -0.2) is 4.99 Å². The van der Waals surface area contributed by atoms with Crippen molar-refractivity contribution < 1.29 is 4.79 Å². The second kappa shape index (κ2) is 11.4. The summed E-state index contributed by atoms with van der Waals surface area (Å²) >= 11 is 6.16. The number of carbonyl (C=O) groups excluding carboxylic acids is 1. The molecule has 1 aliphatic rings. The van der Waals surface area contributed by atoms with Crippen molar-refractivity contribution >= 4 is 53.1 Å². The van der Waals surface area contributed by atoms with Crippen LogP contribution >= 0.6 is 35.6 Å². The van der Waals surface area contributed by atoms with Gasteiger partial charge in [-0.05, 0) is 24.6 Å². The largest absolute Gasteiger partial charge is 0.368 e. The molecule has 0 aromatic heterocycles. The van der Waals surface area contributed by atoms with Crippen LogP contribution in [0.25, 0.3) is 0 Å². The third kappa shape index (κ3) is 6.88. The van der Waals surface area contributed by atoms with Crippen molar-refractivity contribution in [2.45, 2.75) is 6.92 Å². The zero-order valence-electron chi connectivity index (χ0n) is 16.2. The van der Waals surface area contributed by atoms with Crippen molar-refractivity contribution in [1.29, 1.82) is 0 Å². The minimum absolute atomic E-state index is 0. The van der Waals surface area contributed by atoms with Gasteiger partial charge in [0.15, 0.2) is 5.96 Å². The van der Waals surface area contributed by atoms with Gasteiger partial charge in [0, 0.05) is 57.5 Å². The van der Waals surface area contributed by atoms with Crippen LogP contribution in [0.15, 0.2) is 35.8 Å². The Labute approximate surface area is 184 Å². The van der Waals surface area contributed by atoms with E-state index in [1.165, 1.54) is 11.3 Å². The lowest BCUT2D eigenvalue weighted by Crippen LogP contribution is -2.53. The van der Waals surface area contributed by atoms with Crippen LogP contribution in [-0.4, -0.2) is 75.0 Å². The van der Waals surface area contributed by atoms with E-state index in [4.69, 9.17) is 11.6 Å². The molecule has 1 saturated heterocycles. The Bertz CT molecular complexity index is 672. The lowest BCUT2D eigenvalue weighted by molar-refractivity contribution is -0.127. The van der Waals surface area contributed by atoms with Crippen molar-refractivity contribution in [3.8, 4) is 0 Å². The van der Waals surface area contributed by atoms with E-state index in [2.05, 4.69) is 39.7 Å². The maximum absolute atomic E-state index is 11.8. The maximum Gasteiger partial charge on any atom is 0.243 e. The number of nitrogens with one attached hydrogen (secondary N) is 1. The lowest BCUT2D eigenvalue weighted by Gasteiger charge is -2.38. The number of hydrogen-bond acceptors (Lipinski definition) is 3. The first kappa shape index (κ1) is 23.6. The van der Waals surface area contributed by atoms with Gasteiger partial charge >= 0.3 is 0 Å². The van der Waals surface area contributed by atoms with Gasteiger partial charge in [-0.3, -0.25) is 4.79 Å².